The summed E-state index contributed by atoms with van der Waals surface area (Å²) in [5.41, 5.74) is 0.740. The molecule has 0 radical (unpaired) electrons. The van der Waals surface area contributed by atoms with Crippen LogP contribution in [0.5, 0.6) is 17.2 Å². The summed E-state index contributed by atoms with van der Waals surface area (Å²) >= 11 is 0. The van der Waals surface area contributed by atoms with Gasteiger partial charge >= 0.3 is 0 Å². The van der Waals surface area contributed by atoms with Crippen molar-refractivity contribution in [1.29, 1.82) is 0 Å². The maximum Gasteiger partial charge on any atom is 0.300 e. The molecule has 1 unspecified atom stereocenters. The molecule has 2 aliphatic rings. The van der Waals surface area contributed by atoms with Gasteiger partial charge in [0.2, 0.25) is 6.79 Å². The fourth-order valence-corrected chi connectivity index (χ4v) is 3.88. The lowest BCUT2D eigenvalue weighted by Crippen LogP contribution is -2.29. The molecule has 1 fully saturated rings. The Labute approximate surface area is 183 Å². The van der Waals surface area contributed by atoms with Gasteiger partial charge in [0, 0.05) is 17.3 Å². The first-order valence-corrected chi connectivity index (χ1v) is 10.1. The number of ether oxygens (including phenoxy) is 3. The molecule has 5 rings (SSSR count). The number of amides is 1. The summed E-state index contributed by atoms with van der Waals surface area (Å²) in [5, 5.41) is 11.1. The second-order valence-electron chi connectivity index (χ2n) is 7.18. The molecule has 0 bridgehead atoms. The van der Waals surface area contributed by atoms with E-state index in [4.69, 9.17) is 18.6 Å². The molecule has 3 aromatic rings. The van der Waals surface area contributed by atoms with Gasteiger partial charge in [0.15, 0.2) is 11.5 Å². The van der Waals surface area contributed by atoms with Crippen LogP contribution in [-0.2, 0) is 9.59 Å². The van der Waals surface area contributed by atoms with E-state index in [0.717, 1.165) is 0 Å². The van der Waals surface area contributed by atoms with E-state index >= 15 is 0 Å². The molecule has 1 aromatic heterocycles. The predicted molar refractivity (Wildman–Crippen MR) is 114 cm³/mol. The molecular weight excluding hydrogens is 414 g/mol. The number of Topliss-reactive ketones (excluding diaryl/α,β-unsaturated/α-hetero) is 1. The van der Waals surface area contributed by atoms with Crippen molar-refractivity contribution >= 4 is 23.1 Å². The van der Waals surface area contributed by atoms with Crippen LogP contribution < -0.4 is 19.1 Å². The van der Waals surface area contributed by atoms with E-state index in [1.807, 2.05) is 6.92 Å². The second kappa shape index (κ2) is 7.81. The molecule has 1 N–H and O–H groups in total. The van der Waals surface area contributed by atoms with E-state index in [1.165, 1.54) is 11.2 Å². The normalized spacial score (nSPS) is 18.9. The third-order valence-electron chi connectivity index (χ3n) is 5.33. The summed E-state index contributed by atoms with van der Waals surface area (Å²) in [6, 6.07) is 14.0. The Morgan fingerprint density at radius 1 is 1.09 bits per heavy atom. The standard InChI is InChI=1S/C24H19NO7/c1-2-29-16-8-5-14(6-9-16)22(26)20-21(18-4-3-11-30-18)25(24(28)23(20)27)15-7-10-17-19(12-15)32-13-31-17/h3-12,21,26H,2,13H2,1H3/b22-20-. The van der Waals surface area contributed by atoms with Gasteiger partial charge in [-0.25, -0.2) is 0 Å². The van der Waals surface area contributed by atoms with Gasteiger partial charge in [0.05, 0.1) is 18.4 Å². The highest BCUT2D eigenvalue weighted by molar-refractivity contribution is 6.51. The maximum absolute atomic E-state index is 13.1. The summed E-state index contributed by atoms with van der Waals surface area (Å²) in [7, 11) is 0. The smallest absolute Gasteiger partial charge is 0.300 e. The first-order valence-electron chi connectivity index (χ1n) is 10.1. The van der Waals surface area contributed by atoms with Gasteiger partial charge in [-0.1, -0.05) is 0 Å². The van der Waals surface area contributed by atoms with Gasteiger partial charge in [-0.05, 0) is 55.5 Å². The number of hydrogen-bond acceptors (Lipinski definition) is 7. The molecule has 0 saturated carbocycles. The van der Waals surface area contributed by atoms with Crippen LogP contribution >= 0.6 is 0 Å². The van der Waals surface area contributed by atoms with Crippen molar-refractivity contribution in [2.24, 2.45) is 0 Å². The molecule has 0 spiro atoms. The molecule has 8 nitrogen and oxygen atoms in total. The molecular formula is C24H19NO7. The Bertz CT molecular complexity index is 1210. The zero-order valence-electron chi connectivity index (χ0n) is 17.1. The summed E-state index contributed by atoms with van der Waals surface area (Å²) in [6.45, 7) is 2.45. The summed E-state index contributed by atoms with van der Waals surface area (Å²) < 4.78 is 21.7. The summed E-state index contributed by atoms with van der Waals surface area (Å²) in [5.74, 6) is 0.106. The number of aliphatic hydroxyl groups excluding tert-OH is 1. The van der Waals surface area contributed by atoms with E-state index in [1.54, 1.807) is 54.6 Å². The van der Waals surface area contributed by atoms with Crippen LogP contribution in [0.3, 0.4) is 0 Å². The molecule has 1 amide bonds. The number of hydrogen-bond donors (Lipinski definition) is 1. The fourth-order valence-electron chi connectivity index (χ4n) is 3.88. The topological polar surface area (TPSA) is 98.4 Å². The van der Waals surface area contributed by atoms with Crippen LogP contribution in [0.2, 0.25) is 0 Å². The van der Waals surface area contributed by atoms with Crippen LogP contribution in [0.4, 0.5) is 5.69 Å². The number of benzene rings is 2. The number of rotatable bonds is 5. The van der Waals surface area contributed by atoms with Gasteiger partial charge in [-0.3, -0.25) is 14.5 Å². The van der Waals surface area contributed by atoms with E-state index in [9.17, 15) is 14.7 Å². The number of carbonyl (C=O) groups excluding carboxylic acids is 2. The molecule has 1 atom stereocenters. The van der Waals surface area contributed by atoms with Crippen LogP contribution in [0.25, 0.3) is 5.76 Å². The number of furan rings is 1. The van der Waals surface area contributed by atoms with E-state index < -0.39 is 17.7 Å². The van der Waals surface area contributed by atoms with Crippen molar-refractivity contribution < 1.29 is 33.3 Å². The Morgan fingerprint density at radius 2 is 1.88 bits per heavy atom. The first-order chi connectivity index (χ1) is 15.6. The summed E-state index contributed by atoms with van der Waals surface area (Å²) in [6.07, 6.45) is 1.45. The van der Waals surface area contributed by atoms with Crippen LogP contribution in [0.1, 0.15) is 24.3 Å². The zero-order valence-corrected chi connectivity index (χ0v) is 17.1. The zero-order chi connectivity index (χ0) is 22.2. The molecule has 0 aliphatic carbocycles. The highest BCUT2D eigenvalue weighted by Crippen LogP contribution is 2.45. The largest absolute Gasteiger partial charge is 0.507 e. The number of fused-ring (bicyclic) bond motifs is 1. The number of nitrogens with zero attached hydrogens (tertiary/aromatic N) is 1. The number of aliphatic hydroxyl groups is 1. The summed E-state index contributed by atoms with van der Waals surface area (Å²) in [4.78, 5) is 27.5. The SMILES string of the molecule is CCOc1ccc(/C(O)=C2/C(=O)C(=O)N(c3ccc4c(c3)OCO4)C2c2ccco2)cc1. The average Bonchev–Trinajstić information content (AvgIpc) is 3.54. The third kappa shape index (κ3) is 3.17. The average molecular weight is 433 g/mol. The van der Waals surface area contributed by atoms with E-state index in [-0.39, 0.29) is 18.1 Å². The lowest BCUT2D eigenvalue weighted by molar-refractivity contribution is -0.132. The lowest BCUT2D eigenvalue weighted by Gasteiger charge is -2.23. The Kier molecular flexibility index (Phi) is 4.82. The van der Waals surface area contributed by atoms with Gasteiger partial charge in [0.1, 0.15) is 23.3 Å². The van der Waals surface area contributed by atoms with Crippen molar-refractivity contribution in [2.75, 3.05) is 18.3 Å². The monoisotopic (exact) mass is 433 g/mol. The third-order valence-corrected chi connectivity index (χ3v) is 5.33. The van der Waals surface area contributed by atoms with Gasteiger partial charge in [-0.15, -0.1) is 0 Å². The lowest BCUT2D eigenvalue weighted by atomic mass is 9.99. The molecule has 1 saturated heterocycles. The molecule has 3 heterocycles. The van der Waals surface area contributed by atoms with Crippen molar-refractivity contribution in [3.63, 3.8) is 0 Å². The molecule has 162 valence electrons. The van der Waals surface area contributed by atoms with Gasteiger partial charge < -0.3 is 23.7 Å². The minimum absolute atomic E-state index is 0.0632. The Morgan fingerprint density at radius 3 is 2.59 bits per heavy atom. The maximum atomic E-state index is 13.1. The first kappa shape index (κ1) is 19.7. The predicted octanol–water partition coefficient (Wildman–Crippen LogP) is 4.03. The number of carbonyl (C=O) groups is 2. The Hall–Kier alpha value is -4.20. The van der Waals surface area contributed by atoms with Crippen molar-refractivity contribution in [3.8, 4) is 17.2 Å². The van der Waals surface area contributed by atoms with Crippen molar-refractivity contribution in [1.82, 2.24) is 0 Å². The highest BCUT2D eigenvalue weighted by atomic mass is 16.7. The van der Waals surface area contributed by atoms with E-state index in [0.29, 0.717) is 40.9 Å². The van der Waals surface area contributed by atoms with Gasteiger partial charge in [0.25, 0.3) is 11.7 Å². The quantitative estimate of drug-likeness (QED) is 0.368. The Balaban J connectivity index is 1.63. The van der Waals surface area contributed by atoms with Crippen molar-refractivity contribution in [2.45, 2.75) is 13.0 Å². The number of anilines is 1. The molecule has 8 heteroatoms. The molecule has 2 aliphatic heterocycles. The fraction of sp³-hybridized carbons (Fsp3) is 0.167. The van der Waals surface area contributed by atoms with Crippen LogP contribution in [-0.4, -0.2) is 30.2 Å². The van der Waals surface area contributed by atoms with Crippen molar-refractivity contribution in [3.05, 3.63) is 77.8 Å². The highest BCUT2D eigenvalue weighted by Gasteiger charge is 2.48. The van der Waals surface area contributed by atoms with Crippen LogP contribution in [0.15, 0.2) is 70.9 Å². The second-order valence-corrected chi connectivity index (χ2v) is 7.18. The molecule has 32 heavy (non-hydrogen) atoms. The number of ketones is 1. The van der Waals surface area contributed by atoms with E-state index in [2.05, 4.69) is 0 Å². The minimum atomic E-state index is -0.947. The van der Waals surface area contributed by atoms with Crippen LogP contribution in [0, 0.1) is 0 Å². The minimum Gasteiger partial charge on any atom is -0.507 e. The molecule has 2 aromatic carbocycles. The van der Waals surface area contributed by atoms with Gasteiger partial charge in [-0.2, -0.15) is 0 Å².